The second kappa shape index (κ2) is 5.79. The SMILES string of the molecule is CCc1nc2ccc(F)cn2c1C(=O)NCCOC. The number of nitrogens with one attached hydrogen (secondary N) is 1. The Hall–Kier alpha value is -1.95. The molecule has 2 rings (SSSR count). The summed E-state index contributed by atoms with van der Waals surface area (Å²) in [5.41, 5.74) is 1.60. The van der Waals surface area contributed by atoms with Gasteiger partial charge in [0.05, 0.1) is 12.3 Å². The van der Waals surface area contributed by atoms with Crippen molar-refractivity contribution in [3.8, 4) is 0 Å². The van der Waals surface area contributed by atoms with Crippen molar-refractivity contribution in [2.45, 2.75) is 13.3 Å². The van der Waals surface area contributed by atoms with E-state index in [9.17, 15) is 9.18 Å². The van der Waals surface area contributed by atoms with Crippen LogP contribution in [0.4, 0.5) is 4.39 Å². The number of hydrogen-bond acceptors (Lipinski definition) is 3. The van der Waals surface area contributed by atoms with E-state index in [4.69, 9.17) is 4.74 Å². The number of rotatable bonds is 5. The molecule has 2 aromatic rings. The fraction of sp³-hybridized carbons (Fsp3) is 0.385. The van der Waals surface area contributed by atoms with Crippen LogP contribution in [0.1, 0.15) is 23.1 Å². The van der Waals surface area contributed by atoms with Crippen LogP contribution in [0.5, 0.6) is 0 Å². The van der Waals surface area contributed by atoms with Crippen molar-refractivity contribution in [3.05, 3.63) is 35.5 Å². The molecule has 0 unspecified atom stereocenters. The zero-order chi connectivity index (χ0) is 13.8. The molecule has 1 amide bonds. The molecular formula is C13H16FN3O2. The van der Waals surface area contributed by atoms with Crippen LogP contribution in [0.15, 0.2) is 18.3 Å². The van der Waals surface area contributed by atoms with Gasteiger partial charge in [0.2, 0.25) is 0 Å². The lowest BCUT2D eigenvalue weighted by atomic mass is 10.2. The molecule has 1 N–H and O–H groups in total. The number of methoxy groups -OCH3 is 1. The van der Waals surface area contributed by atoms with Crippen LogP contribution in [0.3, 0.4) is 0 Å². The first-order valence-electron chi connectivity index (χ1n) is 6.11. The van der Waals surface area contributed by atoms with Gasteiger partial charge >= 0.3 is 0 Å². The van der Waals surface area contributed by atoms with E-state index in [-0.39, 0.29) is 5.91 Å². The molecular weight excluding hydrogens is 249 g/mol. The third-order valence-electron chi connectivity index (χ3n) is 2.80. The smallest absolute Gasteiger partial charge is 0.270 e. The van der Waals surface area contributed by atoms with E-state index in [1.165, 1.54) is 16.7 Å². The zero-order valence-corrected chi connectivity index (χ0v) is 10.9. The summed E-state index contributed by atoms with van der Waals surface area (Å²) in [6, 6.07) is 2.88. The predicted octanol–water partition coefficient (Wildman–Crippen LogP) is 1.41. The molecule has 0 atom stereocenters. The second-order valence-electron chi connectivity index (χ2n) is 4.08. The maximum atomic E-state index is 13.3. The van der Waals surface area contributed by atoms with E-state index in [0.29, 0.717) is 36.6 Å². The minimum Gasteiger partial charge on any atom is -0.383 e. The van der Waals surface area contributed by atoms with Crippen molar-refractivity contribution in [1.82, 2.24) is 14.7 Å². The van der Waals surface area contributed by atoms with Crippen molar-refractivity contribution >= 4 is 11.6 Å². The van der Waals surface area contributed by atoms with Gasteiger partial charge in [-0.25, -0.2) is 9.37 Å². The molecule has 5 nitrogen and oxygen atoms in total. The Morgan fingerprint density at radius 2 is 2.32 bits per heavy atom. The first kappa shape index (κ1) is 13.5. The van der Waals surface area contributed by atoms with Gasteiger partial charge in [0, 0.05) is 19.9 Å². The third-order valence-corrected chi connectivity index (χ3v) is 2.80. The number of carbonyl (C=O) groups excluding carboxylic acids is 1. The van der Waals surface area contributed by atoms with Gasteiger partial charge in [-0.15, -0.1) is 0 Å². The van der Waals surface area contributed by atoms with E-state index in [2.05, 4.69) is 10.3 Å². The van der Waals surface area contributed by atoms with Crippen LogP contribution < -0.4 is 5.32 Å². The molecule has 0 aliphatic carbocycles. The summed E-state index contributed by atoms with van der Waals surface area (Å²) >= 11 is 0. The van der Waals surface area contributed by atoms with Crippen molar-refractivity contribution in [2.24, 2.45) is 0 Å². The number of ether oxygens (including phenoxy) is 1. The second-order valence-corrected chi connectivity index (χ2v) is 4.08. The summed E-state index contributed by atoms with van der Waals surface area (Å²) in [6.07, 6.45) is 1.88. The van der Waals surface area contributed by atoms with Gasteiger partial charge in [-0.05, 0) is 18.6 Å². The number of aryl methyl sites for hydroxylation is 1. The fourth-order valence-corrected chi connectivity index (χ4v) is 1.90. The largest absolute Gasteiger partial charge is 0.383 e. The van der Waals surface area contributed by atoms with Gasteiger partial charge in [0.25, 0.3) is 5.91 Å². The number of hydrogen-bond donors (Lipinski definition) is 1. The van der Waals surface area contributed by atoms with Crippen LogP contribution in [-0.4, -0.2) is 35.6 Å². The molecule has 2 aromatic heterocycles. The fourth-order valence-electron chi connectivity index (χ4n) is 1.90. The van der Waals surface area contributed by atoms with Gasteiger partial charge in [0.15, 0.2) is 0 Å². The standard InChI is InChI=1S/C13H16FN3O2/c1-3-10-12(13(18)15-6-7-19-2)17-8-9(14)4-5-11(17)16-10/h4-5,8H,3,6-7H2,1-2H3,(H,15,18). The molecule has 0 aromatic carbocycles. The molecule has 0 saturated heterocycles. The summed E-state index contributed by atoms with van der Waals surface area (Å²) in [5.74, 6) is -0.675. The zero-order valence-electron chi connectivity index (χ0n) is 10.9. The molecule has 0 aliphatic heterocycles. The Kier molecular flexibility index (Phi) is 4.11. The molecule has 0 spiro atoms. The summed E-state index contributed by atoms with van der Waals surface area (Å²) in [6.45, 7) is 2.74. The highest BCUT2D eigenvalue weighted by Gasteiger charge is 2.18. The van der Waals surface area contributed by atoms with E-state index in [1.54, 1.807) is 13.2 Å². The Morgan fingerprint density at radius 3 is 3.00 bits per heavy atom. The monoisotopic (exact) mass is 265 g/mol. The summed E-state index contributed by atoms with van der Waals surface area (Å²) in [4.78, 5) is 16.5. The Bertz CT molecular complexity index is 595. The molecule has 102 valence electrons. The molecule has 0 saturated carbocycles. The van der Waals surface area contributed by atoms with Gasteiger partial charge in [0.1, 0.15) is 17.2 Å². The number of aromatic nitrogens is 2. The lowest BCUT2D eigenvalue weighted by Crippen LogP contribution is -2.28. The average Bonchev–Trinajstić information content (AvgIpc) is 2.76. The van der Waals surface area contributed by atoms with Crippen LogP contribution >= 0.6 is 0 Å². The van der Waals surface area contributed by atoms with Crippen molar-refractivity contribution in [3.63, 3.8) is 0 Å². The lowest BCUT2D eigenvalue weighted by molar-refractivity contribution is 0.0930. The molecule has 6 heteroatoms. The predicted molar refractivity (Wildman–Crippen MR) is 68.7 cm³/mol. The normalized spacial score (nSPS) is 10.9. The molecule has 19 heavy (non-hydrogen) atoms. The van der Waals surface area contributed by atoms with E-state index >= 15 is 0 Å². The molecule has 0 aliphatic rings. The van der Waals surface area contributed by atoms with Gasteiger partial charge in [-0.1, -0.05) is 6.92 Å². The van der Waals surface area contributed by atoms with Gasteiger partial charge in [-0.3, -0.25) is 9.20 Å². The van der Waals surface area contributed by atoms with Crippen molar-refractivity contribution in [2.75, 3.05) is 20.3 Å². The van der Waals surface area contributed by atoms with Crippen LogP contribution in [0, 0.1) is 5.82 Å². The topological polar surface area (TPSA) is 55.6 Å². The maximum absolute atomic E-state index is 13.3. The Morgan fingerprint density at radius 1 is 1.53 bits per heavy atom. The van der Waals surface area contributed by atoms with Gasteiger partial charge < -0.3 is 10.1 Å². The highest BCUT2D eigenvalue weighted by Crippen LogP contribution is 2.14. The summed E-state index contributed by atoms with van der Waals surface area (Å²) in [7, 11) is 1.56. The number of halogens is 1. The average molecular weight is 265 g/mol. The number of nitrogens with zero attached hydrogens (tertiary/aromatic N) is 2. The number of amides is 1. The summed E-state index contributed by atoms with van der Waals surface area (Å²) < 4.78 is 19.7. The van der Waals surface area contributed by atoms with E-state index in [0.717, 1.165) is 0 Å². The molecule has 0 fully saturated rings. The third kappa shape index (κ3) is 2.73. The minimum atomic E-state index is -0.404. The van der Waals surface area contributed by atoms with Crippen LogP contribution in [-0.2, 0) is 11.2 Å². The highest BCUT2D eigenvalue weighted by molar-refractivity contribution is 5.94. The number of carbonyl (C=O) groups is 1. The Labute approximate surface area is 110 Å². The number of fused-ring (bicyclic) bond motifs is 1. The first-order chi connectivity index (χ1) is 9.17. The maximum Gasteiger partial charge on any atom is 0.270 e. The Balaban J connectivity index is 2.39. The molecule has 0 radical (unpaired) electrons. The lowest BCUT2D eigenvalue weighted by Gasteiger charge is -2.06. The highest BCUT2D eigenvalue weighted by atomic mass is 19.1. The number of pyridine rings is 1. The summed E-state index contributed by atoms with van der Waals surface area (Å²) in [5, 5.41) is 2.73. The first-order valence-corrected chi connectivity index (χ1v) is 6.11. The quantitative estimate of drug-likeness (QED) is 0.832. The van der Waals surface area contributed by atoms with E-state index in [1.807, 2.05) is 6.92 Å². The van der Waals surface area contributed by atoms with Crippen LogP contribution in [0.25, 0.3) is 5.65 Å². The van der Waals surface area contributed by atoms with Crippen molar-refractivity contribution < 1.29 is 13.9 Å². The van der Waals surface area contributed by atoms with Crippen LogP contribution in [0.2, 0.25) is 0 Å². The van der Waals surface area contributed by atoms with Gasteiger partial charge in [-0.2, -0.15) is 0 Å². The minimum absolute atomic E-state index is 0.271. The molecule has 0 bridgehead atoms. The van der Waals surface area contributed by atoms with E-state index < -0.39 is 5.82 Å². The number of imidazole rings is 1. The molecule has 2 heterocycles. The van der Waals surface area contributed by atoms with Crippen molar-refractivity contribution in [1.29, 1.82) is 0 Å².